The van der Waals surface area contributed by atoms with E-state index in [1.165, 1.54) is 6.42 Å². The molecule has 0 saturated heterocycles. The molecule has 1 heterocycles. The third-order valence-corrected chi connectivity index (χ3v) is 3.47. The molecule has 1 unspecified atom stereocenters. The number of amidine groups is 1. The first-order chi connectivity index (χ1) is 6.88. The lowest BCUT2D eigenvalue weighted by atomic mass is 10.3. The van der Waals surface area contributed by atoms with Crippen LogP contribution in [0.4, 0.5) is 5.69 Å². The molecule has 0 spiro atoms. The minimum absolute atomic E-state index is 0.668. The highest BCUT2D eigenvalue weighted by atomic mass is 32.2. The number of hydrogen-bond acceptors (Lipinski definition) is 3. The quantitative estimate of drug-likeness (QED) is 0.804. The van der Waals surface area contributed by atoms with Gasteiger partial charge in [-0.2, -0.15) is 0 Å². The fourth-order valence-corrected chi connectivity index (χ4v) is 2.30. The minimum Gasteiger partial charge on any atom is -0.335 e. The van der Waals surface area contributed by atoms with Crippen LogP contribution < -0.4 is 5.32 Å². The Morgan fingerprint density at radius 1 is 1.43 bits per heavy atom. The fourth-order valence-electron chi connectivity index (χ4n) is 1.34. The maximum atomic E-state index is 4.45. The lowest BCUT2D eigenvalue weighted by Gasteiger charge is -2.06. The van der Waals surface area contributed by atoms with E-state index in [1.54, 1.807) is 0 Å². The molecule has 74 valence electrons. The van der Waals surface area contributed by atoms with Crippen LogP contribution in [0, 0.1) is 0 Å². The number of benzene rings is 1. The Morgan fingerprint density at radius 2 is 2.21 bits per heavy atom. The second-order valence-corrected chi connectivity index (χ2v) is 4.57. The molecule has 1 aliphatic heterocycles. The SMILES string of the molecule is CCC1CN=C(Nc2ccccc2)S1. The van der Waals surface area contributed by atoms with Gasteiger partial charge in [-0.05, 0) is 18.6 Å². The molecule has 0 fully saturated rings. The number of anilines is 1. The van der Waals surface area contributed by atoms with Crippen LogP contribution in [-0.2, 0) is 0 Å². The van der Waals surface area contributed by atoms with Gasteiger partial charge in [-0.25, -0.2) is 0 Å². The summed E-state index contributed by atoms with van der Waals surface area (Å²) in [6.45, 7) is 3.16. The van der Waals surface area contributed by atoms with Crippen LogP contribution >= 0.6 is 11.8 Å². The molecule has 0 aromatic heterocycles. The first-order valence-electron chi connectivity index (χ1n) is 4.91. The Hall–Kier alpha value is -0.960. The molecule has 2 rings (SSSR count). The first-order valence-corrected chi connectivity index (χ1v) is 5.79. The molecular weight excluding hydrogens is 192 g/mol. The van der Waals surface area contributed by atoms with Crippen molar-refractivity contribution in [1.82, 2.24) is 0 Å². The number of aliphatic imine (C=N–C) groups is 1. The number of para-hydroxylation sites is 1. The summed E-state index contributed by atoms with van der Waals surface area (Å²) in [6, 6.07) is 10.2. The van der Waals surface area contributed by atoms with E-state index in [0.29, 0.717) is 5.25 Å². The lowest BCUT2D eigenvalue weighted by Crippen LogP contribution is -2.06. The van der Waals surface area contributed by atoms with Crippen LogP contribution in [-0.4, -0.2) is 17.0 Å². The van der Waals surface area contributed by atoms with Gasteiger partial charge in [0.15, 0.2) is 5.17 Å². The highest BCUT2D eigenvalue weighted by Crippen LogP contribution is 2.24. The van der Waals surface area contributed by atoms with Crippen LogP contribution in [0.25, 0.3) is 0 Å². The highest BCUT2D eigenvalue weighted by molar-refractivity contribution is 8.15. The van der Waals surface area contributed by atoms with Crippen molar-refractivity contribution in [2.24, 2.45) is 4.99 Å². The van der Waals surface area contributed by atoms with E-state index < -0.39 is 0 Å². The van der Waals surface area contributed by atoms with Crippen molar-refractivity contribution in [3.8, 4) is 0 Å². The largest absolute Gasteiger partial charge is 0.335 e. The zero-order chi connectivity index (χ0) is 9.80. The van der Waals surface area contributed by atoms with Gasteiger partial charge in [0, 0.05) is 10.9 Å². The van der Waals surface area contributed by atoms with Gasteiger partial charge in [0.25, 0.3) is 0 Å². The summed E-state index contributed by atoms with van der Waals surface area (Å²) >= 11 is 1.84. The summed E-state index contributed by atoms with van der Waals surface area (Å²) in [4.78, 5) is 4.45. The standard InChI is InChI=1S/C11H14N2S/c1-2-10-8-12-11(14-10)13-9-6-4-3-5-7-9/h3-7,10H,2,8H2,1H3,(H,12,13). The molecule has 3 heteroatoms. The molecular formula is C11H14N2S. The molecule has 0 saturated carbocycles. The molecule has 0 radical (unpaired) electrons. The Morgan fingerprint density at radius 3 is 2.86 bits per heavy atom. The van der Waals surface area contributed by atoms with Crippen molar-refractivity contribution in [2.75, 3.05) is 11.9 Å². The van der Waals surface area contributed by atoms with Crippen LogP contribution in [0.15, 0.2) is 35.3 Å². The van der Waals surface area contributed by atoms with Gasteiger partial charge < -0.3 is 5.32 Å². The Balaban J connectivity index is 1.94. The van der Waals surface area contributed by atoms with E-state index in [4.69, 9.17) is 0 Å². The molecule has 1 aliphatic rings. The average molecular weight is 206 g/mol. The molecule has 1 aromatic rings. The van der Waals surface area contributed by atoms with Crippen molar-refractivity contribution >= 4 is 22.6 Å². The summed E-state index contributed by atoms with van der Waals surface area (Å²) < 4.78 is 0. The van der Waals surface area contributed by atoms with E-state index in [-0.39, 0.29) is 0 Å². The van der Waals surface area contributed by atoms with Crippen LogP contribution in [0.5, 0.6) is 0 Å². The van der Waals surface area contributed by atoms with Gasteiger partial charge >= 0.3 is 0 Å². The molecule has 0 aliphatic carbocycles. The van der Waals surface area contributed by atoms with Crippen molar-refractivity contribution in [2.45, 2.75) is 18.6 Å². The summed E-state index contributed by atoms with van der Waals surface area (Å²) in [5, 5.41) is 5.04. The Labute approximate surface area is 88.8 Å². The van der Waals surface area contributed by atoms with Gasteiger partial charge in [0.1, 0.15) is 0 Å². The monoisotopic (exact) mass is 206 g/mol. The maximum Gasteiger partial charge on any atom is 0.161 e. The second kappa shape index (κ2) is 4.51. The highest BCUT2D eigenvalue weighted by Gasteiger charge is 2.17. The number of thioether (sulfide) groups is 1. The number of nitrogens with zero attached hydrogens (tertiary/aromatic N) is 1. The number of rotatable bonds is 2. The maximum absolute atomic E-state index is 4.45. The predicted octanol–water partition coefficient (Wildman–Crippen LogP) is 2.98. The Kier molecular flexibility index (Phi) is 3.09. The normalized spacial score (nSPS) is 20.6. The van der Waals surface area contributed by atoms with Crippen LogP contribution in [0.3, 0.4) is 0 Å². The molecule has 1 N–H and O–H groups in total. The van der Waals surface area contributed by atoms with Crippen LogP contribution in [0.2, 0.25) is 0 Å². The van der Waals surface area contributed by atoms with E-state index in [1.807, 2.05) is 30.0 Å². The summed E-state index contributed by atoms with van der Waals surface area (Å²) in [6.07, 6.45) is 1.19. The molecule has 0 bridgehead atoms. The minimum atomic E-state index is 0.668. The zero-order valence-electron chi connectivity index (χ0n) is 8.23. The zero-order valence-corrected chi connectivity index (χ0v) is 9.05. The van der Waals surface area contributed by atoms with E-state index in [0.717, 1.165) is 17.4 Å². The molecule has 1 atom stereocenters. The fraction of sp³-hybridized carbons (Fsp3) is 0.364. The summed E-state index contributed by atoms with van der Waals surface area (Å²) in [7, 11) is 0. The first kappa shape index (κ1) is 9.59. The smallest absolute Gasteiger partial charge is 0.161 e. The van der Waals surface area contributed by atoms with E-state index in [9.17, 15) is 0 Å². The van der Waals surface area contributed by atoms with Gasteiger partial charge in [0.2, 0.25) is 0 Å². The predicted molar refractivity (Wildman–Crippen MR) is 64.0 cm³/mol. The van der Waals surface area contributed by atoms with Gasteiger partial charge in [-0.3, -0.25) is 4.99 Å². The molecule has 2 nitrogen and oxygen atoms in total. The van der Waals surface area contributed by atoms with Gasteiger partial charge in [-0.15, -0.1) is 0 Å². The molecule has 1 aromatic carbocycles. The number of nitrogens with one attached hydrogen (secondary N) is 1. The third-order valence-electron chi connectivity index (χ3n) is 2.20. The van der Waals surface area contributed by atoms with Gasteiger partial charge in [0.05, 0.1) is 6.54 Å². The summed E-state index contributed by atoms with van der Waals surface area (Å²) in [5.74, 6) is 0. The van der Waals surface area contributed by atoms with Crippen molar-refractivity contribution in [3.63, 3.8) is 0 Å². The average Bonchev–Trinajstić information content (AvgIpc) is 2.67. The van der Waals surface area contributed by atoms with Crippen molar-refractivity contribution in [1.29, 1.82) is 0 Å². The lowest BCUT2D eigenvalue weighted by molar-refractivity contribution is 0.843. The van der Waals surface area contributed by atoms with Crippen molar-refractivity contribution in [3.05, 3.63) is 30.3 Å². The van der Waals surface area contributed by atoms with Crippen molar-refractivity contribution < 1.29 is 0 Å². The summed E-state index contributed by atoms with van der Waals surface area (Å²) in [5.41, 5.74) is 1.12. The third kappa shape index (κ3) is 2.29. The van der Waals surface area contributed by atoms with E-state index in [2.05, 4.69) is 29.4 Å². The number of hydrogen-bond donors (Lipinski definition) is 1. The van der Waals surface area contributed by atoms with E-state index >= 15 is 0 Å². The molecule has 0 amide bonds. The van der Waals surface area contributed by atoms with Crippen LogP contribution in [0.1, 0.15) is 13.3 Å². The van der Waals surface area contributed by atoms with Gasteiger partial charge in [-0.1, -0.05) is 36.9 Å². The second-order valence-electron chi connectivity index (χ2n) is 3.28. The molecule has 14 heavy (non-hydrogen) atoms. The Bertz CT molecular complexity index is 321. The topological polar surface area (TPSA) is 24.4 Å².